The summed E-state index contributed by atoms with van der Waals surface area (Å²) in [5.74, 6) is 1.54. The van der Waals surface area contributed by atoms with E-state index in [1.165, 1.54) is 22.5 Å². The van der Waals surface area contributed by atoms with E-state index in [1.807, 2.05) is 12.1 Å². The average molecular weight is 465 g/mol. The van der Waals surface area contributed by atoms with E-state index >= 15 is 0 Å². The maximum atomic E-state index is 12.8. The molecule has 5 heteroatoms. The van der Waals surface area contributed by atoms with Crippen LogP contribution in [0.4, 0.5) is 0 Å². The second-order valence-electron chi connectivity index (χ2n) is 11.1. The van der Waals surface area contributed by atoms with Crippen LogP contribution in [0.2, 0.25) is 0 Å². The summed E-state index contributed by atoms with van der Waals surface area (Å²) in [4.78, 5) is 14.6. The molecule has 1 heterocycles. The van der Waals surface area contributed by atoms with E-state index in [9.17, 15) is 4.79 Å². The molecule has 2 aliphatic rings. The number of benzene rings is 1. The zero-order valence-corrected chi connectivity index (χ0v) is 21.4. The Balaban J connectivity index is 1.53. The van der Waals surface area contributed by atoms with Crippen LogP contribution < -0.4 is 10.1 Å². The van der Waals surface area contributed by atoms with E-state index in [2.05, 4.69) is 51.2 Å². The number of nitrogens with zero attached hydrogens (tertiary/aromatic N) is 1. The molecular formula is C28H36N2O2S. The van der Waals surface area contributed by atoms with Crippen molar-refractivity contribution in [1.82, 2.24) is 5.32 Å². The molecule has 1 N–H and O–H groups in total. The Bertz CT molecular complexity index is 1070. The normalized spacial score (nSPS) is 23.3. The third-order valence-electron chi connectivity index (χ3n) is 7.85. The smallest absolute Gasteiger partial charge is 0.261 e. The Kier molecular flexibility index (Phi) is 6.60. The minimum absolute atomic E-state index is 0.00736. The number of hydrogen-bond donors (Lipinski definition) is 1. The number of nitriles is 1. The van der Waals surface area contributed by atoms with E-state index in [4.69, 9.17) is 10.00 Å². The van der Waals surface area contributed by atoms with Crippen LogP contribution in [0, 0.1) is 23.2 Å². The van der Waals surface area contributed by atoms with Crippen LogP contribution in [-0.2, 0) is 10.8 Å². The number of amides is 1. The Hall–Kier alpha value is -2.32. The number of carbonyl (C=O) groups excluding carboxylic acids is 1. The highest BCUT2D eigenvalue weighted by atomic mass is 32.1. The molecule has 4 nitrogen and oxygen atoms in total. The number of fused-ring (bicyclic) bond motifs is 1. The van der Waals surface area contributed by atoms with Gasteiger partial charge in [-0.3, -0.25) is 4.79 Å². The number of hydrogen-bond acceptors (Lipinski definition) is 4. The first-order chi connectivity index (χ1) is 15.6. The van der Waals surface area contributed by atoms with Gasteiger partial charge in [-0.25, -0.2) is 0 Å². The molecule has 176 valence electrons. The van der Waals surface area contributed by atoms with Crippen LogP contribution in [0.15, 0.2) is 24.3 Å². The summed E-state index contributed by atoms with van der Waals surface area (Å²) in [6.45, 7) is 9.99. The number of nitrogens with one attached hydrogen (secondary N) is 1. The summed E-state index contributed by atoms with van der Waals surface area (Å²) in [6.07, 6.45) is 6.26. The molecule has 2 aromatic rings. The predicted molar refractivity (Wildman–Crippen MR) is 135 cm³/mol. The molecule has 0 saturated heterocycles. The first kappa shape index (κ1) is 23.8. The zero-order valence-electron chi connectivity index (χ0n) is 20.6. The van der Waals surface area contributed by atoms with Crippen molar-refractivity contribution >= 4 is 17.2 Å². The van der Waals surface area contributed by atoms with Crippen molar-refractivity contribution in [3.05, 3.63) is 40.3 Å². The Morgan fingerprint density at radius 3 is 2.33 bits per heavy atom. The average Bonchev–Trinajstić information content (AvgIpc) is 3.30. The van der Waals surface area contributed by atoms with Crippen molar-refractivity contribution in [2.24, 2.45) is 11.8 Å². The van der Waals surface area contributed by atoms with Crippen molar-refractivity contribution in [3.8, 4) is 22.3 Å². The Morgan fingerprint density at radius 2 is 1.73 bits per heavy atom. The fraction of sp³-hybridized carbons (Fsp3) is 0.571. The van der Waals surface area contributed by atoms with Gasteiger partial charge in [0.1, 0.15) is 5.75 Å². The molecule has 0 spiro atoms. The standard InChI is InChI=1S/C28H36N2O2S/c1-27(2)12-13-28(3,4)22-15-23(32-5)20(14-21(22)27)24-10-11-25(33-24)26(31)30-17-19-8-6-18(16-29)7-9-19/h10-11,14-15,18-19H,6-9,12-13,17H2,1-5H3,(H,30,31). The highest BCUT2D eigenvalue weighted by Gasteiger charge is 2.38. The maximum Gasteiger partial charge on any atom is 0.261 e. The number of thiophene rings is 1. The van der Waals surface area contributed by atoms with Crippen LogP contribution in [0.5, 0.6) is 5.75 Å². The van der Waals surface area contributed by atoms with Gasteiger partial charge in [0.25, 0.3) is 5.91 Å². The summed E-state index contributed by atoms with van der Waals surface area (Å²) in [6, 6.07) is 10.9. The molecular weight excluding hydrogens is 428 g/mol. The molecule has 1 aromatic carbocycles. The van der Waals surface area contributed by atoms with Gasteiger partial charge in [0.2, 0.25) is 0 Å². The Morgan fingerprint density at radius 1 is 1.09 bits per heavy atom. The van der Waals surface area contributed by atoms with Crippen molar-refractivity contribution in [1.29, 1.82) is 5.26 Å². The summed E-state index contributed by atoms with van der Waals surface area (Å²) in [5.41, 5.74) is 4.08. The summed E-state index contributed by atoms with van der Waals surface area (Å²) < 4.78 is 5.83. The molecule has 1 saturated carbocycles. The van der Waals surface area contributed by atoms with Gasteiger partial charge >= 0.3 is 0 Å². The van der Waals surface area contributed by atoms with Gasteiger partial charge < -0.3 is 10.1 Å². The largest absolute Gasteiger partial charge is 0.496 e. The highest BCUT2D eigenvalue weighted by molar-refractivity contribution is 7.17. The molecule has 1 aromatic heterocycles. The van der Waals surface area contributed by atoms with Gasteiger partial charge in [-0.1, -0.05) is 27.7 Å². The summed E-state index contributed by atoms with van der Waals surface area (Å²) in [7, 11) is 1.73. The van der Waals surface area contributed by atoms with Crippen molar-refractivity contribution in [2.45, 2.75) is 77.0 Å². The first-order valence-corrected chi connectivity index (χ1v) is 13.0. The quantitative estimate of drug-likeness (QED) is 0.527. The molecule has 1 amide bonds. The fourth-order valence-electron chi connectivity index (χ4n) is 5.38. The van der Waals surface area contributed by atoms with E-state index < -0.39 is 0 Å². The van der Waals surface area contributed by atoms with Gasteiger partial charge in [-0.2, -0.15) is 5.26 Å². The number of rotatable bonds is 5. The lowest BCUT2D eigenvalue weighted by Crippen LogP contribution is -2.33. The number of ether oxygens (including phenoxy) is 1. The molecule has 0 aliphatic heterocycles. The molecule has 0 atom stereocenters. The molecule has 4 rings (SSSR count). The zero-order chi connectivity index (χ0) is 23.8. The van der Waals surface area contributed by atoms with Gasteiger partial charge in [0, 0.05) is 22.9 Å². The minimum atomic E-state index is -0.00736. The van der Waals surface area contributed by atoms with Crippen LogP contribution in [0.1, 0.15) is 87.0 Å². The summed E-state index contributed by atoms with van der Waals surface area (Å²) >= 11 is 1.53. The van der Waals surface area contributed by atoms with Crippen molar-refractivity contribution in [3.63, 3.8) is 0 Å². The number of carbonyl (C=O) groups is 1. The van der Waals surface area contributed by atoms with Gasteiger partial charge in [0.15, 0.2) is 0 Å². The molecule has 0 unspecified atom stereocenters. The second-order valence-corrected chi connectivity index (χ2v) is 12.2. The van der Waals surface area contributed by atoms with Crippen molar-refractivity contribution < 1.29 is 9.53 Å². The first-order valence-electron chi connectivity index (χ1n) is 12.2. The minimum Gasteiger partial charge on any atom is -0.496 e. The fourth-order valence-corrected chi connectivity index (χ4v) is 6.32. The van der Waals surface area contributed by atoms with Crippen molar-refractivity contribution in [2.75, 3.05) is 13.7 Å². The van der Waals surface area contributed by atoms with E-state index in [-0.39, 0.29) is 22.7 Å². The molecule has 33 heavy (non-hydrogen) atoms. The lowest BCUT2D eigenvalue weighted by molar-refractivity contribution is 0.0946. The highest BCUT2D eigenvalue weighted by Crippen LogP contribution is 2.49. The summed E-state index contributed by atoms with van der Waals surface area (Å²) in [5, 5.41) is 12.2. The van der Waals surface area contributed by atoms with E-state index in [0.29, 0.717) is 12.5 Å². The van der Waals surface area contributed by atoms with Crippen LogP contribution >= 0.6 is 11.3 Å². The predicted octanol–water partition coefficient (Wildman–Crippen LogP) is 6.83. The topological polar surface area (TPSA) is 62.1 Å². The van der Waals surface area contributed by atoms with Gasteiger partial charge in [-0.15, -0.1) is 11.3 Å². The monoisotopic (exact) mass is 464 g/mol. The molecule has 0 bridgehead atoms. The molecule has 1 fully saturated rings. The van der Waals surface area contributed by atoms with Crippen LogP contribution in [0.3, 0.4) is 0 Å². The molecule has 0 radical (unpaired) electrons. The maximum absolute atomic E-state index is 12.8. The lowest BCUT2D eigenvalue weighted by atomic mass is 9.63. The third kappa shape index (κ3) is 4.82. The number of methoxy groups -OCH3 is 1. The van der Waals surface area contributed by atoms with E-state index in [0.717, 1.165) is 59.6 Å². The third-order valence-corrected chi connectivity index (χ3v) is 8.97. The Labute approximate surface area is 202 Å². The second kappa shape index (κ2) is 9.14. The lowest BCUT2D eigenvalue weighted by Gasteiger charge is -2.42. The van der Waals surface area contributed by atoms with E-state index in [1.54, 1.807) is 7.11 Å². The van der Waals surface area contributed by atoms with Gasteiger partial charge in [0.05, 0.1) is 18.1 Å². The SMILES string of the molecule is COc1cc2c(cc1-c1ccc(C(=O)NCC3CCC(C#N)CC3)s1)C(C)(C)CCC2(C)C. The van der Waals surface area contributed by atoms with Gasteiger partial charge in [-0.05, 0) is 90.7 Å². The van der Waals surface area contributed by atoms with Crippen LogP contribution in [0.25, 0.3) is 10.4 Å². The van der Waals surface area contributed by atoms with Crippen LogP contribution in [-0.4, -0.2) is 19.6 Å². The molecule has 2 aliphatic carbocycles.